The van der Waals surface area contributed by atoms with Crippen LogP contribution in [0.1, 0.15) is 40.0 Å². The van der Waals surface area contributed by atoms with E-state index in [2.05, 4.69) is 37.2 Å². The lowest BCUT2D eigenvalue weighted by Gasteiger charge is -2.38. The van der Waals surface area contributed by atoms with Gasteiger partial charge in [0.15, 0.2) is 0 Å². The van der Waals surface area contributed by atoms with Gasteiger partial charge in [0.1, 0.15) is 0 Å². The number of nitrogens with one attached hydrogen (secondary N) is 1. The first kappa shape index (κ1) is 14.8. The summed E-state index contributed by atoms with van der Waals surface area (Å²) in [5, 5.41) is 3.38. The number of carbonyl (C=O) groups is 1. The molecule has 17 heavy (non-hydrogen) atoms. The molecule has 0 saturated carbocycles. The first-order valence-corrected chi connectivity index (χ1v) is 8.05. The largest absolute Gasteiger partial charge is 0.338 e. The molecule has 1 rings (SSSR count). The Bertz CT molecular complexity index is 246. The van der Waals surface area contributed by atoms with Gasteiger partial charge in [-0.1, -0.05) is 20.8 Å². The van der Waals surface area contributed by atoms with Gasteiger partial charge >= 0.3 is 0 Å². The van der Waals surface area contributed by atoms with Crippen molar-refractivity contribution >= 4 is 17.7 Å². The number of thioether (sulfide) groups is 1. The van der Waals surface area contributed by atoms with Gasteiger partial charge in [0, 0.05) is 24.4 Å². The maximum absolute atomic E-state index is 12.4. The van der Waals surface area contributed by atoms with E-state index in [1.807, 2.05) is 11.8 Å². The number of carbonyl (C=O) groups excluding carboxylic acids is 1. The van der Waals surface area contributed by atoms with Crippen molar-refractivity contribution in [2.24, 2.45) is 0 Å². The summed E-state index contributed by atoms with van der Waals surface area (Å²) in [6, 6.07) is 0.832. The summed E-state index contributed by atoms with van der Waals surface area (Å²) >= 11 is 1.83. The number of hydrogen-bond donors (Lipinski definition) is 1. The van der Waals surface area contributed by atoms with Crippen LogP contribution in [0.4, 0.5) is 0 Å². The number of amides is 1. The summed E-state index contributed by atoms with van der Waals surface area (Å²) in [5.74, 6) is 1.36. The van der Waals surface area contributed by atoms with Crippen molar-refractivity contribution in [2.45, 2.75) is 58.2 Å². The molecule has 1 N–H and O–H groups in total. The van der Waals surface area contributed by atoms with Gasteiger partial charge in [-0.2, -0.15) is 11.8 Å². The van der Waals surface area contributed by atoms with Crippen LogP contribution >= 0.6 is 11.8 Å². The molecular formula is C13H26N2OS. The second-order valence-electron chi connectivity index (χ2n) is 5.07. The van der Waals surface area contributed by atoms with E-state index in [0.717, 1.165) is 31.6 Å². The van der Waals surface area contributed by atoms with Gasteiger partial charge in [0.25, 0.3) is 0 Å². The monoisotopic (exact) mass is 258 g/mol. The molecule has 1 fully saturated rings. The molecule has 3 nitrogen and oxygen atoms in total. The van der Waals surface area contributed by atoms with Gasteiger partial charge in [-0.25, -0.2) is 0 Å². The van der Waals surface area contributed by atoms with E-state index < -0.39 is 0 Å². The number of hydrogen-bond acceptors (Lipinski definition) is 3. The lowest BCUT2D eigenvalue weighted by atomic mass is 10.0. The Morgan fingerprint density at radius 1 is 1.53 bits per heavy atom. The highest BCUT2D eigenvalue weighted by Crippen LogP contribution is 2.19. The minimum atomic E-state index is 0.0413. The number of rotatable bonds is 6. The predicted octanol–water partition coefficient (Wildman–Crippen LogP) is 2.12. The highest BCUT2D eigenvalue weighted by atomic mass is 32.2. The van der Waals surface area contributed by atoms with Crippen molar-refractivity contribution < 1.29 is 4.79 Å². The smallest absolute Gasteiger partial charge is 0.239 e. The molecule has 1 amide bonds. The van der Waals surface area contributed by atoms with Gasteiger partial charge < -0.3 is 10.2 Å². The van der Waals surface area contributed by atoms with Crippen molar-refractivity contribution in [2.75, 3.05) is 18.6 Å². The molecule has 2 unspecified atom stereocenters. The third kappa shape index (κ3) is 4.18. The summed E-state index contributed by atoms with van der Waals surface area (Å²) < 4.78 is 0. The van der Waals surface area contributed by atoms with E-state index in [1.54, 1.807) is 0 Å². The zero-order valence-electron chi connectivity index (χ0n) is 11.5. The molecule has 0 radical (unpaired) electrons. The average molecular weight is 258 g/mol. The summed E-state index contributed by atoms with van der Waals surface area (Å²) in [4.78, 5) is 14.5. The highest BCUT2D eigenvalue weighted by molar-refractivity contribution is 7.98. The van der Waals surface area contributed by atoms with E-state index in [9.17, 15) is 4.79 Å². The fourth-order valence-electron chi connectivity index (χ4n) is 2.44. The average Bonchev–Trinajstić information content (AvgIpc) is 2.29. The Labute approximate surface area is 110 Å². The lowest BCUT2D eigenvalue weighted by molar-refractivity contribution is -0.138. The van der Waals surface area contributed by atoms with Gasteiger partial charge in [-0.05, 0) is 25.5 Å². The van der Waals surface area contributed by atoms with Crippen LogP contribution in [0.3, 0.4) is 0 Å². The highest BCUT2D eigenvalue weighted by Gasteiger charge is 2.32. The van der Waals surface area contributed by atoms with Crippen LogP contribution in [-0.4, -0.2) is 47.5 Å². The predicted molar refractivity (Wildman–Crippen MR) is 75.5 cm³/mol. The van der Waals surface area contributed by atoms with Crippen LogP contribution in [0, 0.1) is 0 Å². The molecule has 1 saturated heterocycles. The van der Waals surface area contributed by atoms with Crippen LogP contribution in [0.5, 0.6) is 0 Å². The topological polar surface area (TPSA) is 32.3 Å². The summed E-state index contributed by atoms with van der Waals surface area (Å²) in [6.07, 6.45) is 5.28. The van der Waals surface area contributed by atoms with E-state index >= 15 is 0 Å². The molecule has 1 heterocycles. The van der Waals surface area contributed by atoms with E-state index in [1.165, 1.54) is 0 Å². The second kappa shape index (κ2) is 7.27. The van der Waals surface area contributed by atoms with E-state index in [0.29, 0.717) is 18.0 Å². The first-order valence-electron chi connectivity index (χ1n) is 6.65. The number of piperidine rings is 1. The Morgan fingerprint density at radius 2 is 2.24 bits per heavy atom. The fraction of sp³-hybridized carbons (Fsp3) is 0.923. The fourth-order valence-corrected chi connectivity index (χ4v) is 3.24. The summed E-state index contributed by atoms with van der Waals surface area (Å²) in [6.45, 7) is 7.32. The maximum atomic E-state index is 12.4. The zero-order valence-corrected chi connectivity index (χ0v) is 12.3. The molecule has 100 valence electrons. The first-order chi connectivity index (χ1) is 8.10. The molecule has 2 atom stereocenters. The molecule has 4 heteroatoms. The minimum Gasteiger partial charge on any atom is -0.338 e. The Hall–Kier alpha value is -0.220. The molecule has 0 spiro atoms. The lowest BCUT2D eigenvalue weighted by Crippen LogP contribution is -2.55. The van der Waals surface area contributed by atoms with Crippen LogP contribution in [0.15, 0.2) is 0 Å². The number of likely N-dealkylation sites (tertiary alicyclic amines) is 1. The van der Waals surface area contributed by atoms with Crippen molar-refractivity contribution in [1.29, 1.82) is 0 Å². The van der Waals surface area contributed by atoms with Crippen LogP contribution < -0.4 is 5.32 Å². The molecule has 0 aliphatic carbocycles. The molecule has 0 aromatic heterocycles. The van der Waals surface area contributed by atoms with Crippen molar-refractivity contribution in [3.63, 3.8) is 0 Å². The van der Waals surface area contributed by atoms with Gasteiger partial charge in [0.05, 0.1) is 6.04 Å². The van der Waals surface area contributed by atoms with E-state index in [4.69, 9.17) is 0 Å². The second-order valence-corrected chi connectivity index (χ2v) is 5.98. The summed E-state index contributed by atoms with van der Waals surface area (Å²) in [7, 11) is 0. The molecular weight excluding hydrogens is 232 g/mol. The maximum Gasteiger partial charge on any atom is 0.239 e. The van der Waals surface area contributed by atoms with Crippen LogP contribution in [-0.2, 0) is 4.79 Å². The minimum absolute atomic E-state index is 0.0413. The van der Waals surface area contributed by atoms with E-state index in [-0.39, 0.29) is 6.04 Å². The Balaban J connectivity index is 2.63. The normalized spacial score (nSPS) is 23.2. The molecule has 1 aliphatic rings. The molecule has 0 aromatic rings. The SMILES string of the molecule is CCC(CSC)N1CCCC(NC(C)C)C1=O. The number of nitrogens with zero attached hydrogens (tertiary/aromatic N) is 1. The zero-order chi connectivity index (χ0) is 12.8. The van der Waals surface area contributed by atoms with Crippen LogP contribution in [0.2, 0.25) is 0 Å². The molecule has 0 bridgehead atoms. The quantitative estimate of drug-likeness (QED) is 0.792. The van der Waals surface area contributed by atoms with Crippen molar-refractivity contribution in [1.82, 2.24) is 10.2 Å². The molecule has 1 aliphatic heterocycles. The molecule has 0 aromatic carbocycles. The third-order valence-corrected chi connectivity index (χ3v) is 4.00. The Morgan fingerprint density at radius 3 is 2.76 bits per heavy atom. The van der Waals surface area contributed by atoms with Gasteiger partial charge in [0.2, 0.25) is 5.91 Å². The van der Waals surface area contributed by atoms with Gasteiger partial charge in [-0.3, -0.25) is 4.79 Å². The van der Waals surface area contributed by atoms with Crippen LogP contribution in [0.25, 0.3) is 0 Å². The van der Waals surface area contributed by atoms with Crippen molar-refractivity contribution in [3.8, 4) is 0 Å². The Kier molecular flexibility index (Phi) is 6.34. The van der Waals surface area contributed by atoms with Crippen molar-refractivity contribution in [3.05, 3.63) is 0 Å². The third-order valence-electron chi connectivity index (χ3n) is 3.28. The van der Waals surface area contributed by atoms with Gasteiger partial charge in [-0.15, -0.1) is 0 Å². The standard InChI is InChI=1S/C13H26N2OS/c1-5-11(9-17-4)15-8-6-7-12(13(15)16)14-10(2)3/h10-12,14H,5-9H2,1-4H3. The summed E-state index contributed by atoms with van der Waals surface area (Å²) in [5.41, 5.74) is 0.